The minimum Gasteiger partial charge on any atom is -0.497 e. The first kappa shape index (κ1) is 31.5. The molecule has 0 aliphatic carbocycles. The Morgan fingerprint density at radius 1 is 0.854 bits per heavy atom. The Balaban J connectivity index is 2.06. The van der Waals surface area contributed by atoms with Gasteiger partial charge in [-0.3, -0.25) is 13.9 Å². The van der Waals surface area contributed by atoms with Gasteiger partial charge in [0.1, 0.15) is 24.1 Å². The van der Waals surface area contributed by atoms with Gasteiger partial charge >= 0.3 is 0 Å². The van der Waals surface area contributed by atoms with E-state index in [0.717, 1.165) is 16.3 Å². The lowest BCUT2D eigenvalue weighted by atomic mass is 10.1. The lowest BCUT2D eigenvalue weighted by Gasteiger charge is -2.33. The minimum absolute atomic E-state index is 0.0459. The molecule has 0 fully saturated rings. The van der Waals surface area contributed by atoms with E-state index in [0.29, 0.717) is 23.6 Å². The quantitative estimate of drug-likeness (QED) is 0.298. The monoisotopic (exact) mass is 581 g/mol. The predicted octanol–water partition coefficient (Wildman–Crippen LogP) is 4.62. The van der Waals surface area contributed by atoms with Crippen molar-refractivity contribution in [3.63, 3.8) is 0 Å². The van der Waals surface area contributed by atoms with Crippen LogP contribution < -0.4 is 19.1 Å². The highest BCUT2D eigenvalue weighted by Crippen LogP contribution is 2.27. The molecular weight excluding hydrogens is 542 g/mol. The van der Waals surface area contributed by atoms with E-state index in [9.17, 15) is 18.0 Å². The molecule has 0 saturated carbocycles. The molecule has 0 saturated heterocycles. The van der Waals surface area contributed by atoms with Crippen LogP contribution in [0.3, 0.4) is 0 Å². The van der Waals surface area contributed by atoms with Crippen molar-refractivity contribution in [2.24, 2.45) is 0 Å². The average Bonchev–Trinajstić information content (AvgIpc) is 3.00. The average molecular weight is 582 g/mol. The van der Waals surface area contributed by atoms with Gasteiger partial charge in [-0.15, -0.1) is 0 Å². The van der Waals surface area contributed by atoms with Gasteiger partial charge in [-0.05, 0) is 73.9 Å². The van der Waals surface area contributed by atoms with Crippen molar-refractivity contribution < 1.29 is 27.5 Å². The van der Waals surface area contributed by atoms with Crippen LogP contribution in [0.4, 0.5) is 5.69 Å². The summed E-state index contributed by atoms with van der Waals surface area (Å²) in [4.78, 5) is 29.0. The number of carbonyl (C=O) groups is 2. The molecule has 0 heterocycles. The lowest BCUT2D eigenvalue weighted by molar-refractivity contribution is -0.140. The van der Waals surface area contributed by atoms with Crippen LogP contribution in [0.5, 0.6) is 11.5 Å². The van der Waals surface area contributed by atoms with Crippen molar-refractivity contribution >= 4 is 27.5 Å². The van der Waals surface area contributed by atoms with E-state index >= 15 is 0 Å². The summed E-state index contributed by atoms with van der Waals surface area (Å²) in [6.45, 7) is 5.27. The highest BCUT2D eigenvalue weighted by Gasteiger charge is 2.34. The molecule has 41 heavy (non-hydrogen) atoms. The summed E-state index contributed by atoms with van der Waals surface area (Å²) >= 11 is 0. The third-order valence-electron chi connectivity index (χ3n) is 6.84. The van der Waals surface area contributed by atoms with Crippen LogP contribution in [-0.4, -0.2) is 58.0 Å². The number of nitrogens with zero attached hydrogens (tertiary/aromatic N) is 2. The van der Waals surface area contributed by atoms with Crippen LogP contribution in [0.2, 0.25) is 0 Å². The summed E-state index contributed by atoms with van der Waals surface area (Å²) in [5.74, 6) is 0.345. The zero-order chi connectivity index (χ0) is 30.0. The second kappa shape index (κ2) is 14.5. The first-order chi connectivity index (χ1) is 19.6. The predicted molar refractivity (Wildman–Crippen MR) is 159 cm³/mol. The fourth-order valence-electron chi connectivity index (χ4n) is 4.33. The van der Waals surface area contributed by atoms with Gasteiger partial charge in [0.25, 0.3) is 10.0 Å². The van der Waals surface area contributed by atoms with Crippen LogP contribution in [-0.2, 0) is 26.2 Å². The van der Waals surface area contributed by atoms with Crippen molar-refractivity contribution in [2.75, 3.05) is 25.1 Å². The lowest BCUT2D eigenvalue weighted by Crippen LogP contribution is -2.53. The number of hydrogen-bond acceptors (Lipinski definition) is 6. The largest absolute Gasteiger partial charge is 0.497 e. The number of methoxy groups -OCH3 is 2. The van der Waals surface area contributed by atoms with Crippen molar-refractivity contribution in [1.29, 1.82) is 0 Å². The molecule has 0 aliphatic heterocycles. The Morgan fingerprint density at radius 2 is 1.51 bits per heavy atom. The zero-order valence-corrected chi connectivity index (χ0v) is 25.1. The Hall–Kier alpha value is -4.05. The molecule has 220 valence electrons. The number of hydrogen-bond donors (Lipinski definition) is 1. The third-order valence-corrected chi connectivity index (χ3v) is 8.63. The van der Waals surface area contributed by atoms with E-state index in [4.69, 9.17) is 9.47 Å². The minimum atomic E-state index is -4.14. The summed E-state index contributed by atoms with van der Waals surface area (Å²) in [6, 6.07) is 20.7. The molecule has 0 aromatic heterocycles. The number of rotatable bonds is 14. The van der Waals surface area contributed by atoms with E-state index in [1.165, 1.54) is 24.1 Å². The molecular formula is C31H39N3O6S. The van der Waals surface area contributed by atoms with Gasteiger partial charge in [0.15, 0.2) is 0 Å². The first-order valence-corrected chi connectivity index (χ1v) is 15.0. The molecule has 9 nitrogen and oxygen atoms in total. The van der Waals surface area contributed by atoms with Crippen molar-refractivity contribution in [2.45, 2.75) is 57.1 Å². The standard InChI is InChI=1S/C31H39N3O6S/c1-6-23(3)32-31(36)29(7-2)33(21-24-12-11-13-27(20-24)40-5)30(35)22-34(25-16-18-26(39-4)19-17-25)41(37,38)28-14-9-8-10-15-28/h8-20,23,29H,6-7,21-22H2,1-5H3,(H,32,36)/t23-,29-/m1/s1. The zero-order valence-electron chi connectivity index (χ0n) is 24.2. The molecule has 3 aromatic rings. The van der Waals surface area contributed by atoms with Gasteiger partial charge in [0.2, 0.25) is 11.8 Å². The maximum absolute atomic E-state index is 14.1. The van der Waals surface area contributed by atoms with Crippen LogP contribution in [0.25, 0.3) is 0 Å². The third kappa shape index (κ3) is 8.00. The summed E-state index contributed by atoms with van der Waals surface area (Å²) in [6.07, 6.45) is 1.07. The number of nitrogens with one attached hydrogen (secondary N) is 1. The number of sulfonamides is 1. The van der Waals surface area contributed by atoms with E-state index in [1.807, 2.05) is 26.8 Å². The van der Waals surface area contributed by atoms with E-state index < -0.39 is 28.5 Å². The molecule has 0 bridgehead atoms. The number of carbonyl (C=O) groups excluding carboxylic acids is 2. The molecule has 0 aliphatic rings. The summed E-state index contributed by atoms with van der Waals surface area (Å²) in [5, 5.41) is 2.97. The Morgan fingerprint density at radius 3 is 2.10 bits per heavy atom. The Bertz CT molecular complexity index is 1400. The Labute approximate surface area is 243 Å². The summed E-state index contributed by atoms with van der Waals surface area (Å²) in [5.41, 5.74) is 1.04. The molecule has 0 unspecified atom stereocenters. The van der Waals surface area contributed by atoms with Crippen LogP contribution >= 0.6 is 0 Å². The van der Waals surface area contributed by atoms with E-state index in [1.54, 1.807) is 67.8 Å². The smallest absolute Gasteiger partial charge is 0.264 e. The van der Waals surface area contributed by atoms with Gasteiger partial charge in [-0.1, -0.05) is 44.2 Å². The van der Waals surface area contributed by atoms with E-state index in [-0.39, 0.29) is 23.4 Å². The normalized spacial score (nSPS) is 12.6. The number of ether oxygens (including phenoxy) is 2. The van der Waals surface area contributed by atoms with Crippen LogP contribution in [0.1, 0.15) is 39.2 Å². The van der Waals surface area contributed by atoms with E-state index in [2.05, 4.69) is 5.32 Å². The molecule has 3 rings (SSSR count). The molecule has 1 N–H and O–H groups in total. The topological polar surface area (TPSA) is 105 Å². The second-order valence-corrected chi connectivity index (χ2v) is 11.5. The molecule has 10 heteroatoms. The summed E-state index contributed by atoms with van der Waals surface area (Å²) in [7, 11) is -1.07. The molecule has 3 aromatic carbocycles. The Kier molecular flexibility index (Phi) is 11.2. The van der Waals surface area contributed by atoms with Gasteiger partial charge in [0.05, 0.1) is 24.8 Å². The molecule has 2 atom stereocenters. The van der Waals surface area contributed by atoms with Crippen molar-refractivity contribution in [3.05, 3.63) is 84.4 Å². The maximum Gasteiger partial charge on any atom is 0.264 e. The molecule has 0 spiro atoms. The molecule has 2 amide bonds. The highest BCUT2D eigenvalue weighted by atomic mass is 32.2. The van der Waals surface area contributed by atoms with Gasteiger partial charge in [-0.2, -0.15) is 0 Å². The van der Waals surface area contributed by atoms with Gasteiger partial charge < -0.3 is 19.7 Å². The van der Waals surface area contributed by atoms with Gasteiger partial charge in [0, 0.05) is 12.6 Å². The second-order valence-electron chi connectivity index (χ2n) is 9.64. The maximum atomic E-state index is 14.1. The first-order valence-electron chi connectivity index (χ1n) is 13.6. The number of benzene rings is 3. The highest BCUT2D eigenvalue weighted by molar-refractivity contribution is 7.92. The van der Waals surface area contributed by atoms with Crippen LogP contribution in [0, 0.1) is 0 Å². The number of anilines is 1. The van der Waals surface area contributed by atoms with Crippen molar-refractivity contribution in [3.8, 4) is 11.5 Å². The number of amides is 2. The van der Waals surface area contributed by atoms with Crippen molar-refractivity contribution in [1.82, 2.24) is 10.2 Å². The fraction of sp³-hybridized carbons (Fsp3) is 0.355. The fourth-order valence-corrected chi connectivity index (χ4v) is 5.76. The van der Waals surface area contributed by atoms with Crippen LogP contribution in [0.15, 0.2) is 83.8 Å². The molecule has 0 radical (unpaired) electrons. The van der Waals surface area contributed by atoms with Gasteiger partial charge in [-0.25, -0.2) is 8.42 Å². The SMILES string of the molecule is CC[C@@H](C)NC(=O)[C@@H](CC)N(Cc1cccc(OC)c1)C(=O)CN(c1ccc(OC)cc1)S(=O)(=O)c1ccccc1. The summed E-state index contributed by atoms with van der Waals surface area (Å²) < 4.78 is 39.4.